The van der Waals surface area contributed by atoms with Crippen LogP contribution >= 0.6 is 11.6 Å². The monoisotopic (exact) mass is 285 g/mol. The van der Waals surface area contributed by atoms with Crippen molar-refractivity contribution in [1.82, 2.24) is 14.9 Å². The van der Waals surface area contributed by atoms with Gasteiger partial charge in [0, 0.05) is 31.7 Å². The number of aromatic nitrogens is 2. The summed E-state index contributed by atoms with van der Waals surface area (Å²) >= 11 is 6.21. The summed E-state index contributed by atoms with van der Waals surface area (Å²) in [5, 5.41) is 5.18. The van der Waals surface area contributed by atoms with E-state index in [0.29, 0.717) is 5.02 Å². The first kappa shape index (κ1) is 13.2. The minimum atomic E-state index is 0.709. The maximum absolute atomic E-state index is 6.21. The van der Waals surface area contributed by atoms with Crippen molar-refractivity contribution in [2.45, 2.75) is 13.1 Å². The second kappa shape index (κ2) is 5.65. The SMILES string of the molecule is CNCc1cccc2ccn(Cc3ccncc3Cl)c12. The normalized spacial score (nSPS) is 11.1. The molecule has 2 aromatic heterocycles. The molecule has 0 atom stereocenters. The predicted molar refractivity (Wildman–Crippen MR) is 83.1 cm³/mol. The lowest BCUT2D eigenvalue weighted by molar-refractivity contribution is 0.795. The number of fused-ring (bicyclic) bond motifs is 1. The molecule has 3 aromatic rings. The van der Waals surface area contributed by atoms with Gasteiger partial charge in [0.15, 0.2) is 0 Å². The molecule has 4 heteroatoms. The maximum atomic E-state index is 6.21. The van der Waals surface area contributed by atoms with Gasteiger partial charge in [0.05, 0.1) is 10.5 Å². The summed E-state index contributed by atoms with van der Waals surface area (Å²) in [5.41, 5.74) is 3.63. The first-order valence-electron chi connectivity index (χ1n) is 6.59. The largest absolute Gasteiger partial charge is 0.343 e. The summed E-state index contributed by atoms with van der Waals surface area (Å²) in [6.45, 7) is 1.61. The molecular weight excluding hydrogens is 270 g/mol. The van der Waals surface area contributed by atoms with Crippen molar-refractivity contribution in [2.24, 2.45) is 0 Å². The molecule has 102 valence electrons. The van der Waals surface area contributed by atoms with Gasteiger partial charge >= 0.3 is 0 Å². The Morgan fingerprint density at radius 2 is 2.10 bits per heavy atom. The lowest BCUT2D eigenvalue weighted by Gasteiger charge is -2.10. The summed E-state index contributed by atoms with van der Waals surface area (Å²) in [7, 11) is 1.96. The van der Waals surface area contributed by atoms with E-state index in [2.05, 4.69) is 45.3 Å². The van der Waals surface area contributed by atoms with Crippen LogP contribution in [0.3, 0.4) is 0 Å². The number of halogens is 1. The predicted octanol–water partition coefficient (Wildman–Crippen LogP) is 3.46. The second-order valence-electron chi connectivity index (χ2n) is 4.80. The molecule has 0 saturated carbocycles. The van der Waals surface area contributed by atoms with Gasteiger partial charge in [-0.05, 0) is 35.7 Å². The van der Waals surface area contributed by atoms with E-state index in [1.54, 1.807) is 12.4 Å². The van der Waals surface area contributed by atoms with Crippen molar-refractivity contribution in [1.29, 1.82) is 0 Å². The van der Waals surface area contributed by atoms with E-state index in [4.69, 9.17) is 11.6 Å². The molecule has 2 heterocycles. The summed E-state index contributed by atoms with van der Waals surface area (Å²) in [6.07, 6.45) is 5.58. The summed E-state index contributed by atoms with van der Waals surface area (Å²) in [6, 6.07) is 10.5. The number of hydrogen-bond donors (Lipinski definition) is 1. The summed E-state index contributed by atoms with van der Waals surface area (Å²) in [4.78, 5) is 4.03. The minimum Gasteiger partial charge on any atom is -0.343 e. The standard InChI is InChI=1S/C16H16ClN3/c1-18-9-13-4-2-3-12-6-8-20(16(12)13)11-14-5-7-19-10-15(14)17/h2-8,10,18H,9,11H2,1H3. The molecule has 0 saturated heterocycles. The van der Waals surface area contributed by atoms with Crippen LogP contribution in [0, 0.1) is 0 Å². The molecule has 0 unspecified atom stereocenters. The van der Waals surface area contributed by atoms with E-state index in [0.717, 1.165) is 18.7 Å². The summed E-state index contributed by atoms with van der Waals surface area (Å²) < 4.78 is 2.24. The zero-order valence-corrected chi connectivity index (χ0v) is 12.1. The van der Waals surface area contributed by atoms with Crippen molar-refractivity contribution < 1.29 is 0 Å². The number of rotatable bonds is 4. The van der Waals surface area contributed by atoms with Crippen LogP contribution in [0.25, 0.3) is 10.9 Å². The molecule has 0 aliphatic rings. The van der Waals surface area contributed by atoms with Gasteiger partial charge in [-0.2, -0.15) is 0 Å². The van der Waals surface area contributed by atoms with Crippen LogP contribution in [-0.2, 0) is 13.1 Å². The quantitative estimate of drug-likeness (QED) is 0.796. The maximum Gasteiger partial charge on any atom is 0.0639 e. The Morgan fingerprint density at radius 3 is 2.90 bits per heavy atom. The zero-order chi connectivity index (χ0) is 13.9. The Labute approximate surface area is 123 Å². The van der Waals surface area contributed by atoms with Crippen LogP contribution in [-0.4, -0.2) is 16.6 Å². The van der Waals surface area contributed by atoms with Crippen LogP contribution in [0.1, 0.15) is 11.1 Å². The van der Waals surface area contributed by atoms with Gasteiger partial charge in [-0.3, -0.25) is 4.98 Å². The first-order chi connectivity index (χ1) is 9.79. The fourth-order valence-electron chi connectivity index (χ4n) is 2.52. The molecule has 0 fully saturated rings. The molecule has 0 aliphatic heterocycles. The zero-order valence-electron chi connectivity index (χ0n) is 11.3. The van der Waals surface area contributed by atoms with Gasteiger partial charge in [0.25, 0.3) is 0 Å². The fraction of sp³-hybridized carbons (Fsp3) is 0.188. The van der Waals surface area contributed by atoms with Crippen LogP contribution < -0.4 is 5.32 Å². The molecule has 3 nitrogen and oxygen atoms in total. The Hall–Kier alpha value is -1.84. The molecule has 1 N–H and O–H groups in total. The highest BCUT2D eigenvalue weighted by Gasteiger charge is 2.08. The molecule has 3 rings (SSSR count). The van der Waals surface area contributed by atoms with Crippen LogP contribution in [0.2, 0.25) is 5.02 Å². The van der Waals surface area contributed by atoms with E-state index in [1.807, 2.05) is 13.1 Å². The molecule has 0 spiro atoms. The highest BCUT2D eigenvalue weighted by molar-refractivity contribution is 6.31. The molecular formula is C16H16ClN3. The topological polar surface area (TPSA) is 29.9 Å². The number of nitrogens with zero attached hydrogens (tertiary/aromatic N) is 2. The van der Waals surface area contributed by atoms with E-state index in [9.17, 15) is 0 Å². The van der Waals surface area contributed by atoms with Gasteiger partial charge in [0.2, 0.25) is 0 Å². The van der Waals surface area contributed by atoms with Crippen molar-refractivity contribution in [2.75, 3.05) is 7.05 Å². The number of nitrogens with one attached hydrogen (secondary N) is 1. The molecule has 0 aliphatic carbocycles. The molecule has 0 bridgehead atoms. The van der Waals surface area contributed by atoms with Crippen molar-refractivity contribution >= 4 is 22.5 Å². The van der Waals surface area contributed by atoms with Gasteiger partial charge in [-0.25, -0.2) is 0 Å². The number of pyridine rings is 1. The van der Waals surface area contributed by atoms with Gasteiger partial charge < -0.3 is 9.88 Å². The van der Waals surface area contributed by atoms with Crippen molar-refractivity contribution in [3.8, 4) is 0 Å². The summed E-state index contributed by atoms with van der Waals surface area (Å²) in [5.74, 6) is 0. The highest BCUT2D eigenvalue weighted by Crippen LogP contribution is 2.23. The molecule has 0 radical (unpaired) electrons. The third-order valence-corrected chi connectivity index (χ3v) is 3.78. The van der Waals surface area contributed by atoms with Crippen molar-refractivity contribution in [3.05, 3.63) is 65.1 Å². The number of para-hydroxylation sites is 1. The Balaban J connectivity index is 2.06. The van der Waals surface area contributed by atoms with E-state index in [-0.39, 0.29) is 0 Å². The first-order valence-corrected chi connectivity index (χ1v) is 6.97. The lowest BCUT2D eigenvalue weighted by Crippen LogP contribution is -2.08. The van der Waals surface area contributed by atoms with Gasteiger partial charge in [-0.1, -0.05) is 29.8 Å². The Morgan fingerprint density at radius 1 is 1.20 bits per heavy atom. The van der Waals surface area contributed by atoms with E-state index >= 15 is 0 Å². The molecule has 1 aromatic carbocycles. The van der Waals surface area contributed by atoms with Crippen molar-refractivity contribution in [3.63, 3.8) is 0 Å². The highest BCUT2D eigenvalue weighted by atomic mass is 35.5. The second-order valence-corrected chi connectivity index (χ2v) is 5.20. The van der Waals surface area contributed by atoms with E-state index in [1.165, 1.54) is 16.5 Å². The molecule has 20 heavy (non-hydrogen) atoms. The Kier molecular flexibility index (Phi) is 3.72. The molecule has 0 amide bonds. The van der Waals surface area contributed by atoms with Crippen LogP contribution in [0.5, 0.6) is 0 Å². The average molecular weight is 286 g/mol. The van der Waals surface area contributed by atoms with Crippen LogP contribution in [0.4, 0.5) is 0 Å². The number of benzene rings is 1. The van der Waals surface area contributed by atoms with Crippen LogP contribution in [0.15, 0.2) is 48.9 Å². The Bertz CT molecular complexity index is 733. The average Bonchev–Trinajstić information content (AvgIpc) is 2.86. The fourth-order valence-corrected chi connectivity index (χ4v) is 2.70. The van der Waals surface area contributed by atoms with Gasteiger partial charge in [-0.15, -0.1) is 0 Å². The minimum absolute atomic E-state index is 0.709. The van der Waals surface area contributed by atoms with Gasteiger partial charge in [0.1, 0.15) is 0 Å². The third kappa shape index (κ3) is 2.42. The third-order valence-electron chi connectivity index (χ3n) is 3.44. The smallest absolute Gasteiger partial charge is 0.0639 e. The number of hydrogen-bond acceptors (Lipinski definition) is 2. The lowest BCUT2D eigenvalue weighted by atomic mass is 10.1. The van der Waals surface area contributed by atoms with E-state index < -0.39 is 0 Å².